The van der Waals surface area contributed by atoms with E-state index < -0.39 is 0 Å². The van der Waals surface area contributed by atoms with Crippen molar-refractivity contribution in [3.8, 4) is 0 Å². The Hall–Kier alpha value is -1.60. The second-order valence-electron chi connectivity index (χ2n) is 6.81. The number of hydrazine groups is 1. The minimum atomic E-state index is -0.0702. The lowest BCUT2D eigenvalue weighted by atomic mass is 10.1. The number of rotatable bonds is 6. The maximum absolute atomic E-state index is 6.13. The molecule has 22 heavy (non-hydrogen) atoms. The number of nitrogens with one attached hydrogen (secondary N) is 3. The Morgan fingerprint density at radius 1 is 1.14 bits per heavy atom. The maximum Gasteiger partial charge on any atom is 0.169 e. The van der Waals surface area contributed by atoms with Gasteiger partial charge in [-0.05, 0) is 46.7 Å². The van der Waals surface area contributed by atoms with Gasteiger partial charge in [-0.25, -0.2) is 15.4 Å². The molecule has 0 spiro atoms. The fraction of sp³-hybridized carbons (Fsp3) is 0.733. The summed E-state index contributed by atoms with van der Waals surface area (Å²) in [6.45, 7) is 10.5. The average Bonchev–Trinajstić information content (AvgIpc) is 2.48. The van der Waals surface area contributed by atoms with Crippen molar-refractivity contribution in [3.63, 3.8) is 0 Å². The van der Waals surface area contributed by atoms with Gasteiger partial charge < -0.3 is 21.4 Å². The van der Waals surface area contributed by atoms with E-state index in [-0.39, 0.29) is 5.54 Å². The summed E-state index contributed by atoms with van der Waals surface area (Å²) in [5, 5.41) is 3.31. The molecule has 0 unspecified atom stereocenters. The molecule has 1 aromatic heterocycles. The molecule has 1 aliphatic heterocycles. The van der Waals surface area contributed by atoms with Gasteiger partial charge in [-0.3, -0.25) is 0 Å². The number of hydrogen-bond donors (Lipinski definition) is 4. The van der Waals surface area contributed by atoms with Crippen LogP contribution in [-0.4, -0.2) is 46.6 Å². The Morgan fingerprint density at radius 3 is 2.50 bits per heavy atom. The number of likely N-dealkylation sites (tertiary alicyclic amines) is 1. The van der Waals surface area contributed by atoms with Crippen LogP contribution in [0.15, 0.2) is 6.33 Å². The molecule has 0 radical (unpaired) electrons. The van der Waals surface area contributed by atoms with E-state index in [9.17, 15) is 0 Å². The van der Waals surface area contributed by atoms with Gasteiger partial charge in [-0.1, -0.05) is 6.42 Å². The molecule has 7 nitrogen and oxygen atoms in total. The SMILES string of the molecule is CC(C)(C)NNc1ncnc(NCCN2CCCCC2)c1N. The summed E-state index contributed by atoms with van der Waals surface area (Å²) in [6.07, 6.45) is 5.50. The Bertz CT molecular complexity index is 463. The fourth-order valence-corrected chi connectivity index (χ4v) is 2.40. The highest BCUT2D eigenvalue weighted by Gasteiger charge is 2.13. The van der Waals surface area contributed by atoms with Crippen LogP contribution >= 0.6 is 0 Å². The number of piperidine rings is 1. The molecule has 0 aromatic carbocycles. The zero-order valence-electron chi connectivity index (χ0n) is 13.9. The highest BCUT2D eigenvalue weighted by molar-refractivity contribution is 5.73. The van der Waals surface area contributed by atoms with E-state index in [0.29, 0.717) is 17.3 Å². The number of nitrogens with two attached hydrogens (primary N) is 1. The largest absolute Gasteiger partial charge is 0.393 e. The molecule has 1 fully saturated rings. The van der Waals surface area contributed by atoms with Crippen molar-refractivity contribution >= 4 is 17.3 Å². The Balaban J connectivity index is 1.85. The molecule has 0 atom stereocenters. The molecule has 0 saturated carbocycles. The zero-order valence-corrected chi connectivity index (χ0v) is 13.9. The van der Waals surface area contributed by atoms with Gasteiger partial charge in [0.1, 0.15) is 12.0 Å². The first-order valence-corrected chi connectivity index (χ1v) is 8.05. The van der Waals surface area contributed by atoms with Gasteiger partial charge in [0.05, 0.1) is 0 Å². The van der Waals surface area contributed by atoms with Crippen LogP contribution in [0.4, 0.5) is 17.3 Å². The van der Waals surface area contributed by atoms with Crippen LogP contribution in [0, 0.1) is 0 Å². The van der Waals surface area contributed by atoms with Crippen molar-refractivity contribution in [1.29, 1.82) is 0 Å². The van der Waals surface area contributed by atoms with E-state index in [1.807, 2.05) is 0 Å². The predicted molar refractivity (Wildman–Crippen MR) is 91.7 cm³/mol. The average molecular weight is 307 g/mol. The fourth-order valence-electron chi connectivity index (χ4n) is 2.40. The van der Waals surface area contributed by atoms with Crippen LogP contribution in [0.2, 0.25) is 0 Å². The Labute approximate surface area is 133 Å². The van der Waals surface area contributed by atoms with Crippen LogP contribution < -0.4 is 21.9 Å². The summed E-state index contributed by atoms with van der Waals surface area (Å²) in [6, 6.07) is 0. The van der Waals surface area contributed by atoms with E-state index in [1.165, 1.54) is 38.7 Å². The summed E-state index contributed by atoms with van der Waals surface area (Å²) in [7, 11) is 0. The highest BCUT2D eigenvalue weighted by Crippen LogP contribution is 2.22. The number of nitrogens with zero attached hydrogens (tertiary/aromatic N) is 3. The molecule has 1 aromatic rings. The lowest BCUT2D eigenvalue weighted by Gasteiger charge is -2.26. The lowest BCUT2D eigenvalue weighted by Crippen LogP contribution is -2.40. The normalized spacial score (nSPS) is 16.5. The molecule has 7 heteroatoms. The van der Waals surface area contributed by atoms with Crippen LogP contribution in [-0.2, 0) is 0 Å². The quantitative estimate of drug-likeness (QED) is 0.594. The lowest BCUT2D eigenvalue weighted by molar-refractivity contribution is 0.237. The van der Waals surface area contributed by atoms with Crippen molar-refractivity contribution < 1.29 is 0 Å². The van der Waals surface area contributed by atoms with Gasteiger partial charge >= 0.3 is 0 Å². The van der Waals surface area contributed by atoms with Crippen molar-refractivity contribution in [2.24, 2.45) is 0 Å². The molecule has 2 heterocycles. The summed E-state index contributed by atoms with van der Waals surface area (Å²) in [5.74, 6) is 1.29. The standard InChI is InChI=1S/C15H29N7/c1-15(2,3)21-20-14-12(16)13(18-11-19-14)17-7-10-22-8-5-4-6-9-22/h11,21H,4-10,16H2,1-3H3,(H2,17,18,19,20). The molecular formula is C15H29N7. The van der Waals surface area contributed by atoms with Crippen molar-refractivity contribution in [2.45, 2.75) is 45.6 Å². The van der Waals surface area contributed by atoms with E-state index >= 15 is 0 Å². The third kappa shape index (κ3) is 5.31. The first kappa shape index (κ1) is 16.8. The number of anilines is 3. The Morgan fingerprint density at radius 2 is 1.82 bits per heavy atom. The van der Waals surface area contributed by atoms with Crippen molar-refractivity contribution in [3.05, 3.63) is 6.33 Å². The Kier molecular flexibility index (Phi) is 5.79. The topological polar surface area (TPSA) is 91.1 Å². The van der Waals surface area contributed by atoms with Gasteiger partial charge in [-0.15, -0.1) is 0 Å². The second kappa shape index (κ2) is 7.60. The van der Waals surface area contributed by atoms with Gasteiger partial charge in [0.2, 0.25) is 0 Å². The van der Waals surface area contributed by atoms with Crippen LogP contribution in [0.25, 0.3) is 0 Å². The number of hydrogen-bond acceptors (Lipinski definition) is 7. The monoisotopic (exact) mass is 307 g/mol. The summed E-state index contributed by atoms with van der Waals surface area (Å²) < 4.78 is 0. The molecule has 5 N–H and O–H groups in total. The molecular weight excluding hydrogens is 278 g/mol. The number of nitrogen functional groups attached to an aromatic ring is 1. The second-order valence-corrected chi connectivity index (χ2v) is 6.81. The molecule has 124 valence electrons. The van der Waals surface area contributed by atoms with E-state index in [2.05, 4.69) is 51.8 Å². The molecule has 1 aliphatic rings. The van der Waals surface area contributed by atoms with Gasteiger partial charge in [-0.2, -0.15) is 0 Å². The first-order chi connectivity index (χ1) is 10.5. The molecule has 0 bridgehead atoms. The van der Waals surface area contributed by atoms with Gasteiger partial charge in [0, 0.05) is 18.6 Å². The highest BCUT2D eigenvalue weighted by atomic mass is 15.4. The van der Waals surface area contributed by atoms with Gasteiger partial charge in [0.25, 0.3) is 0 Å². The zero-order chi connectivity index (χ0) is 16.0. The smallest absolute Gasteiger partial charge is 0.169 e. The van der Waals surface area contributed by atoms with Crippen LogP contribution in [0.3, 0.4) is 0 Å². The van der Waals surface area contributed by atoms with Crippen LogP contribution in [0.5, 0.6) is 0 Å². The van der Waals surface area contributed by atoms with E-state index in [1.54, 1.807) is 0 Å². The minimum absolute atomic E-state index is 0.0702. The summed E-state index contributed by atoms with van der Waals surface area (Å²) >= 11 is 0. The predicted octanol–water partition coefficient (Wildman–Crippen LogP) is 1.67. The van der Waals surface area contributed by atoms with Gasteiger partial charge in [0.15, 0.2) is 11.6 Å². The van der Waals surface area contributed by atoms with E-state index in [0.717, 1.165) is 13.1 Å². The molecule has 0 aliphatic carbocycles. The summed E-state index contributed by atoms with van der Waals surface area (Å²) in [4.78, 5) is 10.9. The van der Waals surface area contributed by atoms with Crippen molar-refractivity contribution in [1.82, 2.24) is 20.3 Å². The van der Waals surface area contributed by atoms with E-state index in [4.69, 9.17) is 5.73 Å². The summed E-state index contributed by atoms with van der Waals surface area (Å²) in [5.41, 5.74) is 12.8. The minimum Gasteiger partial charge on any atom is -0.393 e. The molecule has 2 rings (SSSR count). The third-order valence-corrected chi connectivity index (χ3v) is 3.61. The number of aromatic nitrogens is 2. The van der Waals surface area contributed by atoms with Crippen LogP contribution in [0.1, 0.15) is 40.0 Å². The molecule has 0 amide bonds. The first-order valence-electron chi connectivity index (χ1n) is 8.05. The van der Waals surface area contributed by atoms with Crippen molar-refractivity contribution in [2.75, 3.05) is 42.7 Å². The third-order valence-electron chi connectivity index (χ3n) is 3.61. The maximum atomic E-state index is 6.13. The molecule has 1 saturated heterocycles.